The number of rotatable bonds is 8. The average molecular weight is 477 g/mol. The number of nitrogens with zero attached hydrogens (tertiary/aromatic N) is 4. The van der Waals surface area contributed by atoms with Crippen molar-refractivity contribution in [1.82, 2.24) is 19.7 Å². The monoisotopic (exact) mass is 476 g/mol. The van der Waals surface area contributed by atoms with Crippen LogP contribution in [0.25, 0.3) is 17.1 Å². The van der Waals surface area contributed by atoms with Crippen LogP contribution in [0.4, 0.5) is 0 Å². The van der Waals surface area contributed by atoms with Gasteiger partial charge in [-0.1, -0.05) is 30.0 Å². The zero-order valence-electron chi connectivity index (χ0n) is 18.4. The molecule has 9 nitrogen and oxygen atoms in total. The highest BCUT2D eigenvalue weighted by Crippen LogP contribution is 2.30. The Morgan fingerprint density at radius 2 is 1.79 bits per heavy atom. The second kappa shape index (κ2) is 10.6. The van der Waals surface area contributed by atoms with E-state index < -0.39 is 11.9 Å². The van der Waals surface area contributed by atoms with Gasteiger partial charge in [0.05, 0.1) is 25.5 Å². The van der Waals surface area contributed by atoms with Crippen LogP contribution < -0.4 is 9.47 Å². The van der Waals surface area contributed by atoms with Crippen LogP contribution in [-0.2, 0) is 9.53 Å². The van der Waals surface area contributed by atoms with E-state index in [9.17, 15) is 9.59 Å². The van der Waals surface area contributed by atoms with Crippen LogP contribution in [0.5, 0.6) is 11.5 Å². The molecular formula is C24H20N4O5S. The zero-order chi connectivity index (χ0) is 23.9. The van der Waals surface area contributed by atoms with Gasteiger partial charge in [-0.3, -0.25) is 14.3 Å². The molecule has 0 fully saturated rings. The predicted octanol–water partition coefficient (Wildman–Crippen LogP) is 3.82. The summed E-state index contributed by atoms with van der Waals surface area (Å²) < 4.78 is 17.3. The number of aromatic nitrogens is 4. The largest absolute Gasteiger partial charge is 0.493 e. The molecule has 4 aromatic rings. The Balaban J connectivity index is 1.54. The summed E-state index contributed by atoms with van der Waals surface area (Å²) in [6, 6.07) is 17.8. The van der Waals surface area contributed by atoms with Crippen molar-refractivity contribution in [1.29, 1.82) is 0 Å². The van der Waals surface area contributed by atoms with E-state index in [-0.39, 0.29) is 22.8 Å². The summed E-state index contributed by atoms with van der Waals surface area (Å²) in [6.07, 6.45) is 3.39. The highest BCUT2D eigenvalue weighted by Gasteiger charge is 2.19. The molecule has 2 heterocycles. The second-order valence-corrected chi connectivity index (χ2v) is 7.78. The Morgan fingerprint density at radius 3 is 2.50 bits per heavy atom. The van der Waals surface area contributed by atoms with Crippen molar-refractivity contribution in [2.75, 3.05) is 20.0 Å². The number of methoxy groups -OCH3 is 2. The predicted molar refractivity (Wildman–Crippen MR) is 125 cm³/mol. The number of esters is 2. The number of hydrogen-bond donors (Lipinski definition) is 0. The molecule has 0 bridgehead atoms. The van der Waals surface area contributed by atoms with Gasteiger partial charge in [0, 0.05) is 23.6 Å². The number of ether oxygens (including phenoxy) is 3. The first-order valence-electron chi connectivity index (χ1n) is 10.1. The first-order valence-corrected chi connectivity index (χ1v) is 11.1. The van der Waals surface area contributed by atoms with Gasteiger partial charge < -0.3 is 14.2 Å². The van der Waals surface area contributed by atoms with Gasteiger partial charge in [0.15, 0.2) is 22.5 Å². The number of benzene rings is 2. The van der Waals surface area contributed by atoms with Crippen LogP contribution in [0.1, 0.15) is 10.4 Å². The maximum Gasteiger partial charge on any atom is 0.337 e. The van der Waals surface area contributed by atoms with Crippen molar-refractivity contribution in [2.45, 2.75) is 5.16 Å². The molecule has 172 valence electrons. The van der Waals surface area contributed by atoms with Crippen molar-refractivity contribution < 1.29 is 23.8 Å². The normalized spacial score (nSPS) is 10.5. The van der Waals surface area contributed by atoms with Gasteiger partial charge in [0.25, 0.3) is 0 Å². The lowest BCUT2D eigenvalue weighted by molar-refractivity contribution is -0.131. The van der Waals surface area contributed by atoms with E-state index in [1.165, 1.54) is 44.2 Å². The Morgan fingerprint density at radius 1 is 0.971 bits per heavy atom. The third-order valence-electron chi connectivity index (χ3n) is 4.70. The van der Waals surface area contributed by atoms with Gasteiger partial charge >= 0.3 is 11.9 Å². The van der Waals surface area contributed by atoms with Crippen molar-refractivity contribution >= 4 is 23.7 Å². The van der Waals surface area contributed by atoms with E-state index in [1.54, 1.807) is 12.4 Å². The Hall–Kier alpha value is -4.18. The molecular weight excluding hydrogens is 456 g/mol. The van der Waals surface area contributed by atoms with E-state index in [1.807, 2.05) is 47.0 Å². The number of carbonyl (C=O) groups is 2. The lowest BCUT2D eigenvalue weighted by Crippen LogP contribution is -2.12. The minimum atomic E-state index is -0.517. The SMILES string of the molecule is COC(=O)c1ccc(OC(=O)CSc2nnc(-c3cccnc3)n2-c2ccccc2)c(OC)c1. The van der Waals surface area contributed by atoms with E-state index in [4.69, 9.17) is 14.2 Å². The molecule has 0 N–H and O–H groups in total. The molecule has 0 saturated heterocycles. The first kappa shape index (κ1) is 23.0. The molecule has 0 saturated carbocycles. The summed E-state index contributed by atoms with van der Waals surface area (Å²) in [5.74, 6) is -0.0138. The highest BCUT2D eigenvalue weighted by molar-refractivity contribution is 7.99. The molecule has 0 spiro atoms. The molecule has 0 aliphatic rings. The highest BCUT2D eigenvalue weighted by atomic mass is 32.2. The molecule has 0 aliphatic carbocycles. The summed E-state index contributed by atoms with van der Waals surface area (Å²) in [7, 11) is 2.71. The molecule has 0 amide bonds. The van der Waals surface area contributed by atoms with Gasteiger partial charge in [-0.05, 0) is 42.5 Å². The summed E-state index contributed by atoms with van der Waals surface area (Å²) >= 11 is 1.19. The van der Waals surface area contributed by atoms with Crippen molar-refractivity contribution in [3.05, 3.63) is 78.6 Å². The molecule has 0 atom stereocenters. The maximum atomic E-state index is 12.6. The molecule has 2 aromatic carbocycles. The van der Waals surface area contributed by atoms with Crippen LogP contribution in [-0.4, -0.2) is 51.7 Å². The summed E-state index contributed by atoms with van der Waals surface area (Å²) in [5.41, 5.74) is 1.93. The third-order valence-corrected chi connectivity index (χ3v) is 5.60. The Kier molecular flexibility index (Phi) is 7.19. The van der Waals surface area contributed by atoms with Crippen LogP contribution in [0.2, 0.25) is 0 Å². The number of carbonyl (C=O) groups excluding carboxylic acids is 2. The number of pyridine rings is 1. The van der Waals surface area contributed by atoms with Crippen LogP contribution >= 0.6 is 11.8 Å². The van der Waals surface area contributed by atoms with Gasteiger partial charge in [-0.2, -0.15) is 0 Å². The minimum absolute atomic E-state index is 0.0279. The summed E-state index contributed by atoms with van der Waals surface area (Å²) in [5, 5.41) is 9.13. The molecule has 0 radical (unpaired) electrons. The van der Waals surface area contributed by atoms with Crippen LogP contribution in [0.15, 0.2) is 78.2 Å². The van der Waals surface area contributed by atoms with E-state index in [0.717, 1.165) is 11.3 Å². The number of hydrogen-bond acceptors (Lipinski definition) is 9. The first-order chi connectivity index (χ1) is 16.6. The minimum Gasteiger partial charge on any atom is -0.493 e. The third kappa shape index (κ3) is 5.07. The lowest BCUT2D eigenvalue weighted by Gasteiger charge is -2.11. The molecule has 34 heavy (non-hydrogen) atoms. The Bertz CT molecular complexity index is 1300. The average Bonchev–Trinajstić information content (AvgIpc) is 3.32. The van der Waals surface area contributed by atoms with Gasteiger partial charge in [-0.15, -0.1) is 10.2 Å². The summed E-state index contributed by atoms with van der Waals surface area (Å²) in [6.45, 7) is 0. The second-order valence-electron chi connectivity index (χ2n) is 6.84. The Labute approximate surface area is 199 Å². The topological polar surface area (TPSA) is 105 Å². The fraction of sp³-hybridized carbons (Fsp3) is 0.125. The summed E-state index contributed by atoms with van der Waals surface area (Å²) in [4.78, 5) is 28.5. The van der Waals surface area contributed by atoms with E-state index in [0.29, 0.717) is 11.0 Å². The van der Waals surface area contributed by atoms with Crippen molar-refractivity contribution in [3.63, 3.8) is 0 Å². The smallest absolute Gasteiger partial charge is 0.337 e. The lowest BCUT2D eigenvalue weighted by atomic mass is 10.2. The molecule has 0 aliphatic heterocycles. The fourth-order valence-corrected chi connectivity index (χ4v) is 3.85. The van der Waals surface area contributed by atoms with Crippen LogP contribution in [0.3, 0.4) is 0 Å². The van der Waals surface area contributed by atoms with Crippen molar-refractivity contribution in [3.8, 4) is 28.6 Å². The van der Waals surface area contributed by atoms with Crippen LogP contribution in [0, 0.1) is 0 Å². The maximum absolute atomic E-state index is 12.6. The molecule has 4 rings (SSSR count). The number of thioether (sulfide) groups is 1. The standard InChI is InChI=1S/C24H20N4O5S/c1-31-20-13-16(23(30)32-2)10-11-19(20)33-21(29)15-34-24-27-26-22(17-7-6-12-25-14-17)28(24)18-8-4-3-5-9-18/h3-14H,15H2,1-2H3. The van der Waals surface area contributed by atoms with E-state index in [2.05, 4.69) is 15.2 Å². The molecule has 2 aromatic heterocycles. The van der Waals surface area contributed by atoms with Crippen molar-refractivity contribution in [2.24, 2.45) is 0 Å². The van der Waals surface area contributed by atoms with Gasteiger partial charge in [-0.25, -0.2) is 4.79 Å². The van der Waals surface area contributed by atoms with E-state index >= 15 is 0 Å². The van der Waals surface area contributed by atoms with Gasteiger partial charge in [0.2, 0.25) is 0 Å². The molecule has 0 unspecified atom stereocenters. The van der Waals surface area contributed by atoms with Gasteiger partial charge in [0.1, 0.15) is 0 Å². The quantitative estimate of drug-likeness (QED) is 0.213. The fourth-order valence-electron chi connectivity index (χ4n) is 3.13. The zero-order valence-corrected chi connectivity index (χ0v) is 19.2. The number of para-hydroxylation sites is 1. The molecule has 10 heteroatoms.